The Kier molecular flexibility index (Phi) is 7.14. The first-order chi connectivity index (χ1) is 12.5. The molecule has 4 nitrogen and oxygen atoms in total. The van der Waals surface area contributed by atoms with Crippen molar-refractivity contribution in [3.63, 3.8) is 0 Å². The first-order valence-electron chi connectivity index (χ1n) is 9.42. The van der Waals surface area contributed by atoms with Gasteiger partial charge in [0.05, 0.1) is 6.04 Å². The minimum atomic E-state index is -4.70. The Morgan fingerprint density at radius 3 is 2.22 bits per heavy atom. The molecular formula is C20H29F3N2O2. The van der Waals surface area contributed by atoms with E-state index < -0.39 is 6.36 Å². The highest BCUT2D eigenvalue weighted by molar-refractivity contribution is 5.82. The minimum Gasteiger partial charge on any atom is -0.406 e. The van der Waals surface area contributed by atoms with Crippen LogP contribution in [0, 0.1) is 11.8 Å². The number of benzene rings is 1. The number of halogens is 3. The van der Waals surface area contributed by atoms with Gasteiger partial charge in [-0.1, -0.05) is 39.8 Å². The van der Waals surface area contributed by atoms with E-state index in [1.165, 1.54) is 12.1 Å². The standard InChI is InChI=1S/C20H29F3N2O2/c1-13(2)9-16-12-25(18(10-14(3)4)19(26)24-16)11-15-5-7-17(8-6-15)27-20(21,22)23/h5-8,13-14,16,18H,9-12H2,1-4H3,(H,24,26)/t16-,18-/m0/s1. The number of nitrogens with one attached hydrogen (secondary N) is 1. The quantitative estimate of drug-likeness (QED) is 0.758. The van der Waals surface area contributed by atoms with Crippen LogP contribution in [0.5, 0.6) is 5.75 Å². The molecule has 1 saturated heterocycles. The Labute approximate surface area is 159 Å². The second-order valence-electron chi connectivity index (χ2n) is 8.10. The van der Waals surface area contributed by atoms with E-state index in [-0.39, 0.29) is 23.7 Å². The molecule has 0 aliphatic carbocycles. The largest absolute Gasteiger partial charge is 0.573 e. The molecule has 1 aromatic carbocycles. The molecular weight excluding hydrogens is 357 g/mol. The topological polar surface area (TPSA) is 41.6 Å². The van der Waals surface area contributed by atoms with Crippen LogP contribution in [0.2, 0.25) is 0 Å². The third-order valence-corrected chi connectivity index (χ3v) is 4.54. The van der Waals surface area contributed by atoms with Crippen molar-refractivity contribution >= 4 is 5.91 Å². The van der Waals surface area contributed by atoms with Gasteiger partial charge in [0.25, 0.3) is 0 Å². The average molecular weight is 386 g/mol. The summed E-state index contributed by atoms with van der Waals surface area (Å²) < 4.78 is 40.8. The van der Waals surface area contributed by atoms with Gasteiger partial charge in [-0.25, -0.2) is 0 Å². The fourth-order valence-electron chi connectivity index (χ4n) is 3.53. The third-order valence-electron chi connectivity index (χ3n) is 4.54. The molecule has 1 fully saturated rings. The summed E-state index contributed by atoms with van der Waals surface area (Å²) in [6, 6.07) is 5.74. The highest BCUT2D eigenvalue weighted by Gasteiger charge is 2.35. The smallest absolute Gasteiger partial charge is 0.406 e. The van der Waals surface area contributed by atoms with E-state index in [2.05, 4.69) is 42.6 Å². The molecule has 1 heterocycles. The highest BCUT2D eigenvalue weighted by Crippen LogP contribution is 2.25. The van der Waals surface area contributed by atoms with Gasteiger partial charge < -0.3 is 10.1 Å². The van der Waals surface area contributed by atoms with Crippen LogP contribution in [-0.4, -0.2) is 35.8 Å². The second kappa shape index (κ2) is 8.95. The molecule has 1 aliphatic heterocycles. The van der Waals surface area contributed by atoms with Crippen LogP contribution in [0.15, 0.2) is 24.3 Å². The van der Waals surface area contributed by atoms with E-state index in [1.807, 2.05) is 0 Å². The summed E-state index contributed by atoms with van der Waals surface area (Å²) in [7, 11) is 0. The summed E-state index contributed by atoms with van der Waals surface area (Å²) in [5.41, 5.74) is 0.858. The number of carbonyl (C=O) groups excluding carboxylic acids is 1. The maximum atomic E-state index is 12.6. The normalized spacial score (nSPS) is 21.6. The van der Waals surface area contributed by atoms with Gasteiger partial charge in [-0.05, 0) is 42.4 Å². The van der Waals surface area contributed by atoms with Crippen molar-refractivity contribution in [3.8, 4) is 5.75 Å². The van der Waals surface area contributed by atoms with Crippen LogP contribution in [-0.2, 0) is 11.3 Å². The summed E-state index contributed by atoms with van der Waals surface area (Å²) in [5, 5.41) is 3.13. The van der Waals surface area contributed by atoms with Gasteiger partial charge in [0, 0.05) is 19.1 Å². The Morgan fingerprint density at radius 1 is 1.11 bits per heavy atom. The fraction of sp³-hybridized carbons (Fsp3) is 0.650. The van der Waals surface area contributed by atoms with Gasteiger partial charge in [0.1, 0.15) is 5.75 Å². The Morgan fingerprint density at radius 2 is 1.70 bits per heavy atom. The number of alkyl halides is 3. The Balaban J connectivity index is 2.11. The van der Waals surface area contributed by atoms with Crippen LogP contribution >= 0.6 is 0 Å². The Hall–Kier alpha value is -1.76. The van der Waals surface area contributed by atoms with Crippen molar-refractivity contribution in [2.24, 2.45) is 11.8 Å². The first-order valence-corrected chi connectivity index (χ1v) is 9.42. The summed E-state index contributed by atoms with van der Waals surface area (Å²) in [6.07, 6.45) is -3.05. The summed E-state index contributed by atoms with van der Waals surface area (Å²) in [5.74, 6) is 0.640. The Bertz CT molecular complexity index is 615. The van der Waals surface area contributed by atoms with Crippen molar-refractivity contribution in [3.05, 3.63) is 29.8 Å². The predicted molar refractivity (Wildman–Crippen MR) is 98.2 cm³/mol. The molecule has 1 aromatic rings. The predicted octanol–water partition coefficient (Wildman–Crippen LogP) is 4.35. The van der Waals surface area contributed by atoms with Crippen LogP contribution in [0.3, 0.4) is 0 Å². The van der Waals surface area contributed by atoms with Gasteiger partial charge in [0.2, 0.25) is 5.91 Å². The zero-order valence-electron chi connectivity index (χ0n) is 16.3. The zero-order chi connectivity index (χ0) is 20.2. The molecule has 0 aromatic heterocycles. The number of ether oxygens (including phenoxy) is 1. The number of hydrogen-bond acceptors (Lipinski definition) is 3. The third kappa shape index (κ3) is 7.05. The maximum Gasteiger partial charge on any atom is 0.573 e. The van der Waals surface area contributed by atoms with Crippen molar-refractivity contribution < 1.29 is 22.7 Å². The summed E-state index contributed by atoms with van der Waals surface area (Å²) in [4.78, 5) is 14.8. The van der Waals surface area contributed by atoms with E-state index in [0.29, 0.717) is 18.4 Å². The van der Waals surface area contributed by atoms with E-state index in [9.17, 15) is 18.0 Å². The summed E-state index contributed by atoms with van der Waals surface area (Å²) in [6.45, 7) is 9.66. The lowest BCUT2D eigenvalue weighted by molar-refractivity contribution is -0.274. The van der Waals surface area contributed by atoms with Crippen molar-refractivity contribution in [2.45, 2.75) is 65.5 Å². The molecule has 2 rings (SSSR count). The maximum absolute atomic E-state index is 12.6. The lowest BCUT2D eigenvalue weighted by Crippen LogP contribution is -2.60. The monoisotopic (exact) mass is 386 g/mol. The molecule has 0 unspecified atom stereocenters. The van der Waals surface area contributed by atoms with Gasteiger partial charge in [-0.3, -0.25) is 9.69 Å². The molecule has 0 saturated carbocycles. The molecule has 1 aliphatic rings. The molecule has 0 radical (unpaired) electrons. The summed E-state index contributed by atoms with van der Waals surface area (Å²) >= 11 is 0. The molecule has 1 N–H and O–H groups in total. The van der Waals surface area contributed by atoms with Crippen LogP contribution in [0.25, 0.3) is 0 Å². The van der Waals surface area contributed by atoms with Gasteiger partial charge in [-0.2, -0.15) is 0 Å². The molecule has 152 valence electrons. The van der Waals surface area contributed by atoms with E-state index >= 15 is 0 Å². The lowest BCUT2D eigenvalue weighted by Gasteiger charge is -2.40. The van der Waals surface area contributed by atoms with Crippen molar-refractivity contribution in [1.29, 1.82) is 0 Å². The second-order valence-corrected chi connectivity index (χ2v) is 8.10. The molecule has 2 atom stereocenters. The average Bonchev–Trinajstić information content (AvgIpc) is 2.50. The number of rotatable bonds is 7. The van der Waals surface area contributed by atoms with E-state index in [0.717, 1.165) is 24.9 Å². The number of piperazine rings is 1. The molecule has 0 spiro atoms. The molecule has 0 bridgehead atoms. The number of hydrogen-bond donors (Lipinski definition) is 1. The van der Waals surface area contributed by atoms with E-state index in [1.54, 1.807) is 12.1 Å². The van der Waals surface area contributed by atoms with E-state index in [4.69, 9.17) is 0 Å². The van der Waals surface area contributed by atoms with Crippen LogP contribution in [0.4, 0.5) is 13.2 Å². The SMILES string of the molecule is CC(C)C[C@H]1CN(Cc2ccc(OC(F)(F)F)cc2)[C@@H](CC(C)C)C(=O)N1. The molecule has 27 heavy (non-hydrogen) atoms. The minimum absolute atomic E-state index is 0.0395. The molecule has 7 heteroatoms. The zero-order valence-corrected chi connectivity index (χ0v) is 16.3. The lowest BCUT2D eigenvalue weighted by atomic mass is 9.94. The number of amides is 1. The fourth-order valence-corrected chi connectivity index (χ4v) is 3.53. The van der Waals surface area contributed by atoms with Gasteiger partial charge >= 0.3 is 6.36 Å². The van der Waals surface area contributed by atoms with Crippen molar-refractivity contribution in [1.82, 2.24) is 10.2 Å². The molecule has 1 amide bonds. The number of nitrogens with zero attached hydrogens (tertiary/aromatic N) is 1. The van der Waals surface area contributed by atoms with Gasteiger partial charge in [0.15, 0.2) is 0 Å². The van der Waals surface area contributed by atoms with Crippen LogP contribution < -0.4 is 10.1 Å². The number of carbonyl (C=O) groups is 1. The van der Waals surface area contributed by atoms with Crippen LogP contribution in [0.1, 0.15) is 46.1 Å². The first kappa shape index (κ1) is 21.5. The van der Waals surface area contributed by atoms with Gasteiger partial charge in [-0.15, -0.1) is 13.2 Å². The highest BCUT2D eigenvalue weighted by atomic mass is 19.4. The van der Waals surface area contributed by atoms with Crippen molar-refractivity contribution in [2.75, 3.05) is 6.54 Å².